The minimum Gasteiger partial charge on any atom is -0.438 e. The van der Waals surface area contributed by atoms with E-state index >= 15 is 0 Å². The van der Waals surface area contributed by atoms with Crippen LogP contribution in [0.1, 0.15) is 67.7 Å². The number of hydrogen-bond acceptors (Lipinski definition) is 12. The van der Waals surface area contributed by atoms with E-state index in [1.807, 2.05) is 6.92 Å². The maximum absolute atomic E-state index is 13.1. The number of esters is 2. The molecule has 0 aliphatic carbocycles. The molecule has 0 spiro atoms. The molecule has 0 radical (unpaired) electrons. The zero-order valence-electron chi connectivity index (χ0n) is 22.7. The van der Waals surface area contributed by atoms with Crippen LogP contribution in [0.4, 0.5) is 0 Å². The normalized spacial score (nSPS) is 22.8. The number of carbonyl (C=O) groups is 3. The predicted molar refractivity (Wildman–Crippen MR) is 130 cm³/mol. The van der Waals surface area contributed by atoms with Crippen LogP contribution in [-0.4, -0.2) is 79.1 Å². The average molecular weight is 556 g/mol. The van der Waals surface area contributed by atoms with Gasteiger partial charge in [-0.05, 0) is 48.0 Å². The maximum atomic E-state index is 13.1. The SMILES string of the molecule is CCCC(=O)N[C@H]1C(O)O[C@H](COCP(=O)(OCOC(=O)C(C)(C)C)OCOC(=O)C(C)(C)C)C[C@@H]1O. The van der Waals surface area contributed by atoms with Crippen molar-refractivity contribution in [2.45, 2.75) is 92.3 Å². The fraction of sp³-hybridized carbons (Fsp3) is 0.870. The highest BCUT2D eigenvalue weighted by molar-refractivity contribution is 7.53. The van der Waals surface area contributed by atoms with Crippen molar-refractivity contribution in [1.82, 2.24) is 5.32 Å². The summed E-state index contributed by atoms with van der Waals surface area (Å²) in [4.78, 5) is 35.7. The number of hydrogen-bond donors (Lipinski definition) is 3. The van der Waals surface area contributed by atoms with Crippen LogP contribution in [0.3, 0.4) is 0 Å². The first-order valence-corrected chi connectivity index (χ1v) is 13.8. The van der Waals surface area contributed by atoms with Crippen molar-refractivity contribution in [1.29, 1.82) is 0 Å². The summed E-state index contributed by atoms with van der Waals surface area (Å²) in [6, 6.07) is -0.997. The fourth-order valence-corrected chi connectivity index (χ4v) is 3.84. The highest BCUT2D eigenvalue weighted by atomic mass is 31.2. The number of nitrogens with one attached hydrogen (secondary N) is 1. The Morgan fingerprint density at radius 3 is 1.92 bits per heavy atom. The predicted octanol–water partition coefficient (Wildman–Crippen LogP) is 2.03. The molecular weight excluding hydrogens is 513 g/mol. The van der Waals surface area contributed by atoms with Gasteiger partial charge in [-0.2, -0.15) is 0 Å². The molecule has 1 rings (SSSR count). The molecule has 37 heavy (non-hydrogen) atoms. The van der Waals surface area contributed by atoms with Gasteiger partial charge in [0.15, 0.2) is 6.29 Å². The third-order valence-electron chi connectivity index (χ3n) is 5.02. The number of aliphatic hydroxyl groups is 2. The first-order valence-electron chi connectivity index (χ1n) is 12.1. The van der Waals surface area contributed by atoms with Crippen LogP contribution < -0.4 is 5.32 Å². The number of amides is 1. The van der Waals surface area contributed by atoms with Gasteiger partial charge in [-0.1, -0.05) is 6.92 Å². The van der Waals surface area contributed by atoms with E-state index < -0.39 is 74.8 Å². The van der Waals surface area contributed by atoms with Crippen LogP contribution in [0, 0.1) is 10.8 Å². The van der Waals surface area contributed by atoms with E-state index in [0.29, 0.717) is 6.42 Å². The monoisotopic (exact) mass is 555 g/mol. The van der Waals surface area contributed by atoms with Gasteiger partial charge in [0.25, 0.3) is 0 Å². The van der Waals surface area contributed by atoms with Crippen molar-refractivity contribution in [3.8, 4) is 0 Å². The maximum Gasteiger partial charge on any atom is 0.361 e. The molecule has 0 aromatic carbocycles. The van der Waals surface area contributed by atoms with Gasteiger partial charge in [-0.3, -0.25) is 28.0 Å². The molecule has 0 saturated carbocycles. The summed E-state index contributed by atoms with van der Waals surface area (Å²) in [5.74, 6) is -1.52. The van der Waals surface area contributed by atoms with Crippen molar-refractivity contribution in [2.24, 2.45) is 10.8 Å². The first kappa shape index (κ1) is 33.4. The van der Waals surface area contributed by atoms with Crippen molar-refractivity contribution in [3.63, 3.8) is 0 Å². The summed E-state index contributed by atoms with van der Waals surface area (Å²) >= 11 is 0. The van der Waals surface area contributed by atoms with Gasteiger partial charge in [-0.15, -0.1) is 0 Å². The molecule has 0 aromatic heterocycles. The molecule has 3 N–H and O–H groups in total. The third kappa shape index (κ3) is 12.2. The minimum atomic E-state index is -4.09. The molecule has 1 fully saturated rings. The van der Waals surface area contributed by atoms with Gasteiger partial charge in [-0.25, -0.2) is 0 Å². The van der Waals surface area contributed by atoms with E-state index in [9.17, 15) is 29.2 Å². The average Bonchev–Trinajstić information content (AvgIpc) is 2.75. The van der Waals surface area contributed by atoms with Crippen LogP contribution in [0.25, 0.3) is 0 Å². The van der Waals surface area contributed by atoms with Gasteiger partial charge >= 0.3 is 19.5 Å². The molecule has 1 aliphatic heterocycles. The summed E-state index contributed by atoms with van der Waals surface area (Å²) in [5.41, 5.74) is -1.64. The van der Waals surface area contributed by atoms with E-state index in [4.69, 9.17) is 28.0 Å². The van der Waals surface area contributed by atoms with Crippen LogP contribution in [-0.2, 0) is 46.9 Å². The molecule has 1 aliphatic rings. The van der Waals surface area contributed by atoms with E-state index in [2.05, 4.69) is 5.32 Å². The summed E-state index contributed by atoms with van der Waals surface area (Å²) in [7, 11) is -4.09. The number of ether oxygens (including phenoxy) is 4. The summed E-state index contributed by atoms with van der Waals surface area (Å²) in [5, 5.41) is 23.1. The lowest BCUT2D eigenvalue weighted by Crippen LogP contribution is -2.57. The highest BCUT2D eigenvalue weighted by Crippen LogP contribution is 2.48. The lowest BCUT2D eigenvalue weighted by atomic mass is 9.98. The second-order valence-corrected chi connectivity index (χ2v) is 12.8. The molecule has 4 atom stereocenters. The topological polar surface area (TPSA) is 176 Å². The Labute approximate surface area is 218 Å². The molecule has 1 heterocycles. The standard InChI is InChI=1S/C23H42NO12P/c1-8-9-17(26)24-18-16(25)10-15(36-19(18)27)11-31-14-37(30,34-12-32-20(28)22(2,3)4)35-13-33-21(29)23(5,6)7/h15-16,18-19,25,27H,8-14H2,1-7H3,(H,24,26)/t15-,16-,18+,19?/m0/s1. The lowest BCUT2D eigenvalue weighted by Gasteiger charge is -2.37. The Kier molecular flexibility index (Phi) is 13.1. The van der Waals surface area contributed by atoms with E-state index in [1.165, 1.54) is 0 Å². The molecule has 1 amide bonds. The number of carbonyl (C=O) groups excluding carboxylic acids is 3. The first-order chi connectivity index (χ1) is 17.0. The Morgan fingerprint density at radius 2 is 1.49 bits per heavy atom. The van der Waals surface area contributed by atoms with Gasteiger partial charge in [0, 0.05) is 12.8 Å². The minimum absolute atomic E-state index is 0.0204. The second-order valence-electron chi connectivity index (χ2n) is 10.8. The fourth-order valence-electron chi connectivity index (χ4n) is 2.86. The number of aliphatic hydroxyl groups excluding tert-OH is 2. The van der Waals surface area contributed by atoms with Crippen LogP contribution in [0.15, 0.2) is 0 Å². The van der Waals surface area contributed by atoms with E-state index in [-0.39, 0.29) is 25.4 Å². The van der Waals surface area contributed by atoms with Crippen LogP contribution in [0.5, 0.6) is 0 Å². The zero-order valence-corrected chi connectivity index (χ0v) is 23.6. The Hall–Kier alpha value is -1.60. The van der Waals surface area contributed by atoms with Crippen LogP contribution >= 0.6 is 7.60 Å². The molecule has 1 saturated heterocycles. The number of rotatable bonds is 13. The molecule has 0 aromatic rings. The van der Waals surface area contributed by atoms with E-state index in [1.54, 1.807) is 41.5 Å². The van der Waals surface area contributed by atoms with Crippen molar-refractivity contribution in [2.75, 3.05) is 26.5 Å². The van der Waals surface area contributed by atoms with Gasteiger partial charge in [0.05, 0.1) is 29.6 Å². The van der Waals surface area contributed by atoms with E-state index in [0.717, 1.165) is 0 Å². The molecule has 1 unspecified atom stereocenters. The Morgan fingerprint density at radius 1 is 0.973 bits per heavy atom. The summed E-state index contributed by atoms with van der Waals surface area (Å²) in [6.07, 6.45) is -3.14. The van der Waals surface area contributed by atoms with Gasteiger partial charge in [0.1, 0.15) is 12.4 Å². The highest BCUT2D eigenvalue weighted by Gasteiger charge is 2.38. The smallest absolute Gasteiger partial charge is 0.361 e. The molecule has 0 bridgehead atoms. The Bertz CT molecular complexity index is 759. The summed E-state index contributed by atoms with van der Waals surface area (Å²) in [6.45, 7) is 10.0. The largest absolute Gasteiger partial charge is 0.438 e. The van der Waals surface area contributed by atoms with Gasteiger partial charge < -0.3 is 34.5 Å². The van der Waals surface area contributed by atoms with Crippen molar-refractivity contribution >= 4 is 25.4 Å². The molecule has 216 valence electrons. The zero-order chi connectivity index (χ0) is 28.4. The lowest BCUT2D eigenvalue weighted by molar-refractivity contribution is -0.217. The molecule has 14 heteroatoms. The third-order valence-corrected chi connectivity index (χ3v) is 6.52. The second kappa shape index (κ2) is 14.5. The summed E-state index contributed by atoms with van der Waals surface area (Å²) < 4.78 is 44.2. The molecular formula is C23H42NO12P. The Balaban J connectivity index is 2.68. The van der Waals surface area contributed by atoms with Crippen molar-refractivity contribution in [3.05, 3.63) is 0 Å². The van der Waals surface area contributed by atoms with Crippen molar-refractivity contribution < 1.29 is 57.2 Å². The quantitative estimate of drug-likeness (QED) is 0.171. The van der Waals surface area contributed by atoms with Gasteiger partial charge in [0.2, 0.25) is 19.5 Å². The molecule has 13 nitrogen and oxygen atoms in total. The van der Waals surface area contributed by atoms with Crippen LogP contribution in [0.2, 0.25) is 0 Å².